The van der Waals surface area contributed by atoms with Gasteiger partial charge in [-0.1, -0.05) is 18.2 Å². The Labute approximate surface area is 108 Å². The molecule has 1 aromatic carbocycles. The molecule has 96 valence electrons. The summed E-state index contributed by atoms with van der Waals surface area (Å²) in [5, 5.41) is 4.79. The molecule has 2 heterocycles. The highest BCUT2D eigenvalue weighted by molar-refractivity contribution is 5.80. The number of likely N-dealkylation sites (N-methyl/N-ethyl adjacent to an activating group) is 1. The standard InChI is InChI=1S/C15H20N2O/c1-11-4-3-5-12-10-14(18-15(11)12)13-6-8-17(2)9-7-16-13/h3-5,10,13,16H,6-9H2,1-2H3. The second kappa shape index (κ2) is 4.75. The van der Waals surface area contributed by atoms with Crippen molar-refractivity contribution >= 4 is 11.0 Å². The van der Waals surface area contributed by atoms with E-state index in [0.717, 1.165) is 37.4 Å². The Morgan fingerprint density at radius 2 is 2.22 bits per heavy atom. The molecular formula is C15H20N2O. The molecule has 1 unspecified atom stereocenters. The zero-order valence-corrected chi connectivity index (χ0v) is 11.1. The van der Waals surface area contributed by atoms with E-state index in [1.165, 1.54) is 10.9 Å². The maximum Gasteiger partial charge on any atom is 0.137 e. The number of hydrogen-bond acceptors (Lipinski definition) is 3. The summed E-state index contributed by atoms with van der Waals surface area (Å²) in [5.41, 5.74) is 2.25. The fourth-order valence-corrected chi connectivity index (χ4v) is 2.64. The number of nitrogens with zero attached hydrogens (tertiary/aromatic N) is 1. The average molecular weight is 244 g/mol. The van der Waals surface area contributed by atoms with Crippen molar-refractivity contribution in [2.75, 3.05) is 26.7 Å². The Morgan fingerprint density at radius 1 is 1.33 bits per heavy atom. The van der Waals surface area contributed by atoms with Crippen LogP contribution in [0.25, 0.3) is 11.0 Å². The van der Waals surface area contributed by atoms with E-state index in [0.29, 0.717) is 6.04 Å². The van der Waals surface area contributed by atoms with E-state index >= 15 is 0 Å². The van der Waals surface area contributed by atoms with Crippen molar-refractivity contribution in [1.29, 1.82) is 0 Å². The van der Waals surface area contributed by atoms with Crippen LogP contribution in [-0.2, 0) is 0 Å². The summed E-state index contributed by atoms with van der Waals surface area (Å²) >= 11 is 0. The summed E-state index contributed by atoms with van der Waals surface area (Å²) in [4.78, 5) is 2.36. The minimum Gasteiger partial charge on any atom is -0.459 e. The van der Waals surface area contributed by atoms with Crippen LogP contribution in [0.15, 0.2) is 28.7 Å². The van der Waals surface area contributed by atoms with Gasteiger partial charge in [0.05, 0.1) is 6.04 Å². The van der Waals surface area contributed by atoms with Gasteiger partial charge in [0.2, 0.25) is 0 Å². The molecule has 1 atom stereocenters. The smallest absolute Gasteiger partial charge is 0.137 e. The summed E-state index contributed by atoms with van der Waals surface area (Å²) in [7, 11) is 2.17. The SMILES string of the molecule is Cc1cccc2cc(C3CCN(C)CCN3)oc12. The number of furan rings is 1. The number of rotatable bonds is 1. The predicted octanol–water partition coefficient (Wildman–Crippen LogP) is 2.71. The van der Waals surface area contributed by atoms with E-state index in [4.69, 9.17) is 4.42 Å². The lowest BCUT2D eigenvalue weighted by Crippen LogP contribution is -2.24. The van der Waals surface area contributed by atoms with Gasteiger partial charge in [0.25, 0.3) is 0 Å². The van der Waals surface area contributed by atoms with Crippen molar-refractivity contribution in [3.05, 3.63) is 35.6 Å². The topological polar surface area (TPSA) is 28.4 Å². The van der Waals surface area contributed by atoms with Gasteiger partial charge < -0.3 is 14.6 Å². The van der Waals surface area contributed by atoms with E-state index < -0.39 is 0 Å². The number of para-hydroxylation sites is 1. The van der Waals surface area contributed by atoms with Crippen LogP contribution in [0, 0.1) is 6.92 Å². The minimum atomic E-state index is 0.349. The summed E-state index contributed by atoms with van der Waals surface area (Å²) in [6.07, 6.45) is 1.11. The Bertz CT molecular complexity index is 546. The zero-order valence-electron chi connectivity index (χ0n) is 11.1. The minimum absolute atomic E-state index is 0.349. The Balaban J connectivity index is 1.91. The second-order valence-electron chi connectivity index (χ2n) is 5.24. The molecule has 1 fully saturated rings. The number of fused-ring (bicyclic) bond motifs is 1. The first-order valence-corrected chi connectivity index (χ1v) is 6.65. The van der Waals surface area contributed by atoms with Crippen LogP contribution in [-0.4, -0.2) is 31.6 Å². The lowest BCUT2D eigenvalue weighted by Gasteiger charge is -2.12. The lowest BCUT2D eigenvalue weighted by atomic mass is 10.1. The molecular weight excluding hydrogens is 224 g/mol. The fraction of sp³-hybridized carbons (Fsp3) is 0.467. The summed E-state index contributed by atoms with van der Waals surface area (Å²) < 4.78 is 6.05. The van der Waals surface area contributed by atoms with Gasteiger partial charge in [0.1, 0.15) is 11.3 Å². The highest BCUT2D eigenvalue weighted by atomic mass is 16.3. The molecule has 0 radical (unpaired) electrons. The van der Waals surface area contributed by atoms with Crippen molar-refractivity contribution in [2.24, 2.45) is 0 Å². The molecule has 3 heteroatoms. The molecule has 1 aliphatic heterocycles. The molecule has 1 N–H and O–H groups in total. The number of hydrogen-bond donors (Lipinski definition) is 1. The molecule has 2 aromatic rings. The monoisotopic (exact) mass is 244 g/mol. The third-order valence-electron chi connectivity index (χ3n) is 3.79. The van der Waals surface area contributed by atoms with E-state index in [1.54, 1.807) is 0 Å². The van der Waals surface area contributed by atoms with Gasteiger partial charge in [-0.15, -0.1) is 0 Å². The number of benzene rings is 1. The summed E-state index contributed by atoms with van der Waals surface area (Å²) in [5.74, 6) is 1.08. The molecule has 0 amide bonds. The van der Waals surface area contributed by atoms with Crippen LogP contribution in [0.5, 0.6) is 0 Å². The van der Waals surface area contributed by atoms with E-state index in [-0.39, 0.29) is 0 Å². The fourth-order valence-electron chi connectivity index (χ4n) is 2.64. The van der Waals surface area contributed by atoms with E-state index in [9.17, 15) is 0 Å². The maximum absolute atomic E-state index is 6.05. The normalized spacial score (nSPS) is 22.2. The van der Waals surface area contributed by atoms with Gasteiger partial charge in [0, 0.05) is 18.5 Å². The highest BCUT2D eigenvalue weighted by Gasteiger charge is 2.19. The molecule has 0 saturated carbocycles. The number of aryl methyl sites for hydroxylation is 1. The number of nitrogens with one attached hydrogen (secondary N) is 1. The molecule has 18 heavy (non-hydrogen) atoms. The average Bonchev–Trinajstić information content (AvgIpc) is 2.67. The highest BCUT2D eigenvalue weighted by Crippen LogP contribution is 2.28. The van der Waals surface area contributed by atoms with Gasteiger partial charge in [-0.3, -0.25) is 0 Å². The first kappa shape index (κ1) is 11.8. The lowest BCUT2D eigenvalue weighted by molar-refractivity contribution is 0.351. The first-order chi connectivity index (χ1) is 8.74. The van der Waals surface area contributed by atoms with Crippen LogP contribution >= 0.6 is 0 Å². The van der Waals surface area contributed by atoms with Gasteiger partial charge >= 0.3 is 0 Å². The van der Waals surface area contributed by atoms with Crippen molar-refractivity contribution in [2.45, 2.75) is 19.4 Å². The second-order valence-corrected chi connectivity index (χ2v) is 5.24. The quantitative estimate of drug-likeness (QED) is 0.836. The predicted molar refractivity (Wildman–Crippen MR) is 73.8 cm³/mol. The summed E-state index contributed by atoms with van der Waals surface area (Å²) in [6, 6.07) is 8.85. The van der Waals surface area contributed by atoms with Gasteiger partial charge in [-0.05, 0) is 38.6 Å². The Kier molecular flexibility index (Phi) is 3.10. The Morgan fingerprint density at radius 3 is 3.06 bits per heavy atom. The molecule has 0 spiro atoms. The molecule has 3 nitrogen and oxygen atoms in total. The van der Waals surface area contributed by atoms with Crippen LogP contribution in [0.4, 0.5) is 0 Å². The largest absolute Gasteiger partial charge is 0.459 e. The van der Waals surface area contributed by atoms with Crippen LogP contribution in [0.3, 0.4) is 0 Å². The van der Waals surface area contributed by atoms with Crippen molar-refractivity contribution in [3.63, 3.8) is 0 Å². The van der Waals surface area contributed by atoms with Crippen LogP contribution in [0.1, 0.15) is 23.8 Å². The first-order valence-electron chi connectivity index (χ1n) is 6.65. The van der Waals surface area contributed by atoms with Gasteiger partial charge in [0.15, 0.2) is 0 Å². The van der Waals surface area contributed by atoms with Gasteiger partial charge in [-0.2, -0.15) is 0 Å². The molecule has 1 aromatic heterocycles. The third kappa shape index (κ3) is 2.16. The third-order valence-corrected chi connectivity index (χ3v) is 3.79. The summed E-state index contributed by atoms with van der Waals surface area (Å²) in [6.45, 7) is 5.35. The molecule has 1 saturated heterocycles. The van der Waals surface area contributed by atoms with E-state index in [1.807, 2.05) is 0 Å². The van der Waals surface area contributed by atoms with Crippen molar-refractivity contribution in [3.8, 4) is 0 Å². The molecule has 1 aliphatic rings. The molecule has 3 rings (SSSR count). The van der Waals surface area contributed by atoms with Crippen LogP contribution < -0.4 is 5.32 Å². The van der Waals surface area contributed by atoms with Gasteiger partial charge in [-0.25, -0.2) is 0 Å². The van der Waals surface area contributed by atoms with Crippen molar-refractivity contribution in [1.82, 2.24) is 10.2 Å². The maximum atomic E-state index is 6.05. The van der Waals surface area contributed by atoms with Crippen molar-refractivity contribution < 1.29 is 4.42 Å². The van der Waals surface area contributed by atoms with E-state index in [2.05, 4.69) is 48.5 Å². The molecule has 0 aliphatic carbocycles. The Hall–Kier alpha value is -1.32. The molecule has 0 bridgehead atoms. The zero-order chi connectivity index (χ0) is 12.5. The van der Waals surface area contributed by atoms with Crippen LogP contribution in [0.2, 0.25) is 0 Å².